The molecule has 1 saturated heterocycles. The van der Waals surface area contributed by atoms with Crippen molar-refractivity contribution in [2.75, 3.05) is 19.7 Å². The maximum Gasteiger partial charge on any atom is 0.410 e. The lowest BCUT2D eigenvalue weighted by atomic mass is 9.96. The first-order chi connectivity index (χ1) is 9.15. The Kier molecular flexibility index (Phi) is 4.97. The number of carbonyl (C=O) groups excluding carboxylic acids is 2. The lowest BCUT2D eigenvalue weighted by molar-refractivity contribution is -0.155. The zero-order valence-corrected chi connectivity index (χ0v) is 12.2. The molecule has 1 aliphatic rings. The molecule has 1 amide bonds. The van der Waals surface area contributed by atoms with Gasteiger partial charge in [0.1, 0.15) is 5.60 Å². The van der Waals surface area contributed by atoms with E-state index in [1.54, 1.807) is 27.7 Å². The number of likely N-dealkylation sites (tertiary alicyclic amines) is 1. The van der Waals surface area contributed by atoms with Gasteiger partial charge in [-0.15, -0.1) is 0 Å². The third-order valence-corrected chi connectivity index (χ3v) is 2.88. The second-order valence-corrected chi connectivity index (χ2v) is 5.69. The smallest absolute Gasteiger partial charge is 0.410 e. The number of amides is 1. The molecule has 0 aliphatic carbocycles. The van der Waals surface area contributed by atoms with Crippen LogP contribution in [0.1, 0.15) is 27.7 Å². The average Bonchev–Trinajstić information content (AvgIpc) is 2.71. The minimum Gasteiger partial charge on any atom is -0.481 e. The maximum atomic E-state index is 11.9. The van der Waals surface area contributed by atoms with Crippen molar-refractivity contribution in [1.29, 1.82) is 0 Å². The number of aliphatic carboxylic acids is 1. The summed E-state index contributed by atoms with van der Waals surface area (Å²) in [7, 11) is 0. The summed E-state index contributed by atoms with van der Waals surface area (Å²) in [4.78, 5) is 36.1. The van der Waals surface area contributed by atoms with Gasteiger partial charge in [0.25, 0.3) is 0 Å². The molecule has 1 heterocycles. The summed E-state index contributed by atoms with van der Waals surface area (Å²) >= 11 is 0. The summed E-state index contributed by atoms with van der Waals surface area (Å²) in [6.07, 6.45) is -0.615. The molecular weight excluding hydrogens is 266 g/mol. The lowest BCUT2D eigenvalue weighted by Crippen LogP contribution is -2.36. The van der Waals surface area contributed by atoms with Gasteiger partial charge in [0.2, 0.25) is 0 Å². The molecule has 114 valence electrons. The van der Waals surface area contributed by atoms with Crippen LogP contribution >= 0.6 is 0 Å². The largest absolute Gasteiger partial charge is 0.481 e. The summed E-state index contributed by atoms with van der Waals surface area (Å²) in [6, 6.07) is 0. The summed E-state index contributed by atoms with van der Waals surface area (Å²) in [5.41, 5.74) is -0.669. The lowest BCUT2D eigenvalue weighted by Gasteiger charge is -2.24. The monoisotopic (exact) mass is 287 g/mol. The number of hydrogen-bond donors (Lipinski definition) is 1. The van der Waals surface area contributed by atoms with Crippen LogP contribution in [-0.4, -0.2) is 53.3 Å². The van der Waals surface area contributed by atoms with Gasteiger partial charge in [-0.05, 0) is 27.7 Å². The molecule has 0 bridgehead atoms. The van der Waals surface area contributed by atoms with E-state index in [4.69, 9.17) is 14.6 Å². The number of ether oxygens (including phenoxy) is 2. The van der Waals surface area contributed by atoms with Gasteiger partial charge in [-0.2, -0.15) is 0 Å². The molecule has 0 aromatic carbocycles. The number of carboxylic acids is 1. The van der Waals surface area contributed by atoms with Gasteiger partial charge in [0.15, 0.2) is 0 Å². The van der Waals surface area contributed by atoms with Crippen LogP contribution in [0.3, 0.4) is 0 Å². The summed E-state index contributed by atoms with van der Waals surface area (Å²) < 4.78 is 10.0. The Balaban J connectivity index is 2.77. The van der Waals surface area contributed by atoms with Crippen molar-refractivity contribution in [3.8, 4) is 0 Å². The summed E-state index contributed by atoms with van der Waals surface area (Å²) in [6.45, 7) is 6.94. The van der Waals surface area contributed by atoms with E-state index in [1.807, 2.05) is 0 Å². The van der Waals surface area contributed by atoms with Crippen molar-refractivity contribution in [3.05, 3.63) is 0 Å². The SMILES string of the molecule is CCOC(=O)C1CN(C(=O)OC(C)(C)C)C[C@@H]1C(=O)O. The average molecular weight is 287 g/mol. The zero-order valence-electron chi connectivity index (χ0n) is 12.2. The van der Waals surface area contributed by atoms with E-state index in [2.05, 4.69) is 0 Å². The highest BCUT2D eigenvalue weighted by Gasteiger charge is 2.45. The standard InChI is InChI=1S/C13H21NO6/c1-5-19-11(17)9-7-14(6-8(9)10(15)16)12(18)20-13(2,3)4/h8-9H,5-7H2,1-4H3,(H,15,16)/t8-,9?/m0/s1. The quantitative estimate of drug-likeness (QED) is 0.782. The Bertz CT molecular complexity index is 400. The van der Waals surface area contributed by atoms with Crippen molar-refractivity contribution in [1.82, 2.24) is 4.90 Å². The third-order valence-electron chi connectivity index (χ3n) is 2.88. The van der Waals surface area contributed by atoms with Crippen LogP contribution in [0.5, 0.6) is 0 Å². The van der Waals surface area contributed by atoms with Crippen molar-refractivity contribution < 1.29 is 29.0 Å². The highest BCUT2D eigenvalue weighted by Crippen LogP contribution is 2.26. The Morgan fingerprint density at radius 3 is 2.20 bits per heavy atom. The van der Waals surface area contributed by atoms with E-state index in [0.29, 0.717) is 0 Å². The van der Waals surface area contributed by atoms with Crippen LogP contribution in [0.4, 0.5) is 4.79 Å². The Morgan fingerprint density at radius 1 is 1.20 bits per heavy atom. The van der Waals surface area contributed by atoms with Gasteiger partial charge < -0.3 is 19.5 Å². The van der Waals surface area contributed by atoms with Crippen molar-refractivity contribution in [3.63, 3.8) is 0 Å². The van der Waals surface area contributed by atoms with E-state index < -0.39 is 35.5 Å². The number of carboxylic acid groups (broad SMARTS) is 1. The third kappa shape index (κ3) is 4.11. The Labute approximate surface area is 117 Å². The highest BCUT2D eigenvalue weighted by atomic mass is 16.6. The number of hydrogen-bond acceptors (Lipinski definition) is 5. The molecule has 7 nitrogen and oxygen atoms in total. The van der Waals surface area contributed by atoms with Gasteiger partial charge >= 0.3 is 18.0 Å². The normalized spacial score (nSPS) is 22.5. The molecule has 20 heavy (non-hydrogen) atoms. The van der Waals surface area contributed by atoms with Crippen LogP contribution in [-0.2, 0) is 19.1 Å². The highest BCUT2D eigenvalue weighted by molar-refractivity contribution is 5.84. The van der Waals surface area contributed by atoms with Crippen LogP contribution in [0.25, 0.3) is 0 Å². The first kappa shape index (κ1) is 16.3. The summed E-state index contributed by atoms with van der Waals surface area (Å²) in [5, 5.41) is 9.15. The van der Waals surface area contributed by atoms with E-state index in [0.717, 1.165) is 0 Å². The Morgan fingerprint density at radius 2 is 1.75 bits per heavy atom. The molecule has 1 N–H and O–H groups in total. The molecule has 0 spiro atoms. The van der Waals surface area contributed by atoms with Crippen LogP contribution in [0.15, 0.2) is 0 Å². The number of carbonyl (C=O) groups is 3. The van der Waals surface area contributed by atoms with Crippen molar-refractivity contribution >= 4 is 18.0 Å². The number of rotatable bonds is 3. The van der Waals surface area contributed by atoms with Gasteiger partial charge in [-0.3, -0.25) is 9.59 Å². The molecule has 1 fully saturated rings. The minimum atomic E-state index is -1.12. The first-order valence-corrected chi connectivity index (χ1v) is 6.53. The van der Waals surface area contributed by atoms with Crippen LogP contribution < -0.4 is 0 Å². The molecule has 1 unspecified atom stereocenters. The molecular formula is C13H21NO6. The molecule has 1 aliphatic heterocycles. The molecule has 1 rings (SSSR count). The van der Waals surface area contributed by atoms with Gasteiger partial charge in [0, 0.05) is 13.1 Å². The predicted octanol–water partition coefficient (Wildman–Crippen LogP) is 1.12. The van der Waals surface area contributed by atoms with E-state index in [9.17, 15) is 14.4 Å². The molecule has 2 atom stereocenters. The van der Waals surface area contributed by atoms with E-state index in [1.165, 1.54) is 4.90 Å². The molecule has 0 radical (unpaired) electrons. The predicted molar refractivity (Wildman–Crippen MR) is 69.1 cm³/mol. The van der Waals surface area contributed by atoms with Crippen LogP contribution in [0.2, 0.25) is 0 Å². The van der Waals surface area contributed by atoms with Crippen LogP contribution in [0, 0.1) is 11.8 Å². The van der Waals surface area contributed by atoms with Gasteiger partial charge in [-0.25, -0.2) is 4.79 Å². The second kappa shape index (κ2) is 6.11. The van der Waals surface area contributed by atoms with Gasteiger partial charge in [-0.1, -0.05) is 0 Å². The van der Waals surface area contributed by atoms with Crippen molar-refractivity contribution in [2.45, 2.75) is 33.3 Å². The topological polar surface area (TPSA) is 93.1 Å². The Hall–Kier alpha value is -1.79. The fourth-order valence-corrected chi connectivity index (χ4v) is 2.02. The summed E-state index contributed by atoms with van der Waals surface area (Å²) in [5.74, 6) is -3.51. The molecule has 7 heteroatoms. The fourth-order valence-electron chi connectivity index (χ4n) is 2.02. The number of nitrogens with zero attached hydrogens (tertiary/aromatic N) is 1. The minimum absolute atomic E-state index is 0.00468. The first-order valence-electron chi connectivity index (χ1n) is 6.53. The molecule has 0 aromatic heterocycles. The second-order valence-electron chi connectivity index (χ2n) is 5.69. The fraction of sp³-hybridized carbons (Fsp3) is 0.769. The molecule has 0 saturated carbocycles. The molecule has 0 aromatic rings. The van der Waals surface area contributed by atoms with E-state index in [-0.39, 0.29) is 19.7 Å². The van der Waals surface area contributed by atoms with E-state index >= 15 is 0 Å². The zero-order chi connectivity index (χ0) is 15.5. The van der Waals surface area contributed by atoms with Crippen molar-refractivity contribution in [2.24, 2.45) is 11.8 Å². The number of esters is 1. The maximum absolute atomic E-state index is 11.9. The van der Waals surface area contributed by atoms with Gasteiger partial charge in [0.05, 0.1) is 18.4 Å².